The number of rotatable bonds is 6. The number of benzene rings is 2. The smallest absolute Gasteiger partial charge is 0.340 e. The fourth-order valence-corrected chi connectivity index (χ4v) is 4.20. The number of anilines is 2. The van der Waals surface area contributed by atoms with Gasteiger partial charge in [-0.05, 0) is 36.8 Å². The summed E-state index contributed by atoms with van der Waals surface area (Å²) in [6, 6.07) is 16.4. The molecular weight excluding hydrogens is 422 g/mol. The van der Waals surface area contributed by atoms with E-state index in [4.69, 9.17) is 17.0 Å². The molecule has 0 amide bonds. The van der Waals surface area contributed by atoms with E-state index in [2.05, 4.69) is 10.6 Å². The van der Waals surface area contributed by atoms with Crippen LogP contribution in [0.5, 0.6) is 0 Å². The number of carbonyl (C=O) groups excluding carboxylic acids is 1. The van der Waals surface area contributed by atoms with Crippen LogP contribution < -0.4 is 10.6 Å². The van der Waals surface area contributed by atoms with Crippen LogP contribution in [0.2, 0.25) is 0 Å². The Labute approximate surface area is 182 Å². The van der Waals surface area contributed by atoms with Crippen molar-refractivity contribution in [1.82, 2.24) is 0 Å². The minimum atomic E-state index is -0.471. The van der Waals surface area contributed by atoms with Crippen LogP contribution in [0.4, 0.5) is 16.4 Å². The van der Waals surface area contributed by atoms with Gasteiger partial charge in [-0.2, -0.15) is 0 Å². The number of aryl methyl sites for hydroxylation is 1. The van der Waals surface area contributed by atoms with E-state index in [1.165, 1.54) is 24.5 Å². The predicted molar refractivity (Wildman–Crippen MR) is 123 cm³/mol. The molecule has 154 valence electrons. The first-order valence-corrected chi connectivity index (χ1v) is 10.2. The van der Waals surface area contributed by atoms with Crippen molar-refractivity contribution in [3.63, 3.8) is 0 Å². The van der Waals surface area contributed by atoms with E-state index in [-0.39, 0.29) is 10.8 Å². The van der Waals surface area contributed by atoms with E-state index in [1.54, 1.807) is 25.1 Å². The van der Waals surface area contributed by atoms with Crippen molar-refractivity contribution in [2.75, 3.05) is 17.7 Å². The van der Waals surface area contributed by atoms with Gasteiger partial charge in [-0.15, -0.1) is 11.3 Å². The molecule has 9 heteroatoms. The van der Waals surface area contributed by atoms with Crippen molar-refractivity contribution in [2.24, 2.45) is 0 Å². The predicted octanol–water partition coefficient (Wildman–Crippen LogP) is 5.15. The third-order valence-corrected chi connectivity index (χ3v) is 5.55. The molecule has 0 aliphatic heterocycles. The zero-order chi connectivity index (χ0) is 21.7. The first-order valence-electron chi connectivity index (χ1n) is 8.95. The highest BCUT2D eigenvalue weighted by molar-refractivity contribution is 7.80. The summed E-state index contributed by atoms with van der Waals surface area (Å²) in [6.07, 6.45) is 0.668. The molecule has 0 spiro atoms. The highest BCUT2D eigenvalue weighted by atomic mass is 32.1. The van der Waals surface area contributed by atoms with Crippen molar-refractivity contribution in [3.8, 4) is 0 Å². The second kappa shape index (κ2) is 9.47. The zero-order valence-electron chi connectivity index (χ0n) is 16.3. The Hall–Kier alpha value is -3.30. The number of nitro groups is 1. The number of thiocarbonyl (C=S) groups is 1. The van der Waals surface area contributed by atoms with Crippen molar-refractivity contribution < 1.29 is 14.5 Å². The molecule has 0 atom stereocenters. The normalized spacial score (nSPS) is 10.3. The number of hydrogen-bond donors (Lipinski definition) is 2. The van der Waals surface area contributed by atoms with Crippen LogP contribution in [-0.2, 0) is 11.2 Å². The van der Waals surface area contributed by atoms with Gasteiger partial charge in [0.05, 0.1) is 17.6 Å². The van der Waals surface area contributed by atoms with Crippen molar-refractivity contribution in [1.29, 1.82) is 0 Å². The minimum Gasteiger partial charge on any atom is -0.465 e. The number of ether oxygens (including phenoxy) is 1. The van der Waals surface area contributed by atoms with Crippen molar-refractivity contribution in [2.45, 2.75) is 13.3 Å². The molecule has 0 aliphatic carbocycles. The van der Waals surface area contributed by atoms with Gasteiger partial charge in [0, 0.05) is 28.6 Å². The standard InChI is InChI=1S/C21H19N3O4S2/c1-13-8-9-15(11-18(13)24(26)27)22-21(29)23-19-17(20(25)28-2)12-16(30-19)10-14-6-4-3-5-7-14/h3-9,11-12H,10H2,1-2H3,(H2,22,23,29). The molecular formula is C21H19N3O4S2. The molecule has 0 fully saturated rings. The Balaban J connectivity index is 1.79. The lowest BCUT2D eigenvalue weighted by molar-refractivity contribution is -0.385. The Morgan fingerprint density at radius 3 is 2.57 bits per heavy atom. The topological polar surface area (TPSA) is 93.5 Å². The molecule has 2 N–H and O–H groups in total. The lowest BCUT2D eigenvalue weighted by Crippen LogP contribution is -2.20. The van der Waals surface area contributed by atoms with Gasteiger partial charge in [0.15, 0.2) is 5.11 Å². The van der Waals surface area contributed by atoms with Crippen molar-refractivity contribution in [3.05, 3.63) is 86.3 Å². The number of esters is 1. The Morgan fingerprint density at radius 1 is 1.17 bits per heavy atom. The highest BCUT2D eigenvalue weighted by Crippen LogP contribution is 2.31. The molecule has 0 saturated heterocycles. The third-order valence-electron chi connectivity index (χ3n) is 4.30. The van der Waals surface area contributed by atoms with Crippen LogP contribution in [0.15, 0.2) is 54.6 Å². The number of carbonyl (C=O) groups is 1. The first kappa shape index (κ1) is 21.4. The maximum absolute atomic E-state index is 12.2. The van der Waals surface area contributed by atoms with Gasteiger partial charge in [0.25, 0.3) is 5.69 Å². The molecule has 3 aromatic rings. The molecule has 0 saturated carbocycles. The molecule has 1 aromatic heterocycles. The minimum absolute atomic E-state index is 0.000629. The monoisotopic (exact) mass is 441 g/mol. The summed E-state index contributed by atoms with van der Waals surface area (Å²) < 4.78 is 4.88. The van der Waals surface area contributed by atoms with Crippen LogP contribution in [0, 0.1) is 17.0 Å². The molecule has 2 aromatic carbocycles. The summed E-state index contributed by atoms with van der Waals surface area (Å²) in [5.74, 6) is -0.471. The molecule has 7 nitrogen and oxygen atoms in total. The summed E-state index contributed by atoms with van der Waals surface area (Å²) >= 11 is 6.74. The summed E-state index contributed by atoms with van der Waals surface area (Å²) in [7, 11) is 1.32. The van der Waals surface area contributed by atoms with Crippen LogP contribution in [0.25, 0.3) is 0 Å². The summed E-state index contributed by atoms with van der Waals surface area (Å²) in [5, 5.41) is 17.8. The van der Waals surface area contributed by atoms with Gasteiger partial charge in [-0.3, -0.25) is 10.1 Å². The second-order valence-corrected chi connectivity index (χ2v) is 7.99. The van der Waals surface area contributed by atoms with Gasteiger partial charge in [-0.25, -0.2) is 4.79 Å². The molecule has 0 bridgehead atoms. The largest absolute Gasteiger partial charge is 0.465 e. The number of hydrogen-bond acceptors (Lipinski definition) is 6. The van der Waals surface area contributed by atoms with E-state index in [9.17, 15) is 14.9 Å². The molecule has 0 aliphatic rings. The number of nitrogens with zero attached hydrogens (tertiary/aromatic N) is 1. The zero-order valence-corrected chi connectivity index (χ0v) is 17.9. The number of nitro benzene ring substituents is 1. The van der Waals surface area contributed by atoms with E-state index in [1.807, 2.05) is 30.3 Å². The Kier molecular flexibility index (Phi) is 6.76. The van der Waals surface area contributed by atoms with Crippen LogP contribution >= 0.6 is 23.6 Å². The average Bonchev–Trinajstić information content (AvgIpc) is 3.11. The van der Waals surface area contributed by atoms with E-state index < -0.39 is 10.9 Å². The molecule has 3 rings (SSSR count). The lowest BCUT2D eigenvalue weighted by atomic mass is 10.1. The van der Waals surface area contributed by atoms with Crippen LogP contribution in [0.3, 0.4) is 0 Å². The van der Waals surface area contributed by atoms with Crippen molar-refractivity contribution >= 4 is 51.0 Å². The second-order valence-electron chi connectivity index (χ2n) is 6.45. The number of nitrogens with one attached hydrogen (secondary N) is 2. The first-order chi connectivity index (χ1) is 14.4. The SMILES string of the molecule is COC(=O)c1cc(Cc2ccccc2)sc1NC(=S)Nc1ccc(C)c([N+](=O)[O-])c1. The van der Waals surface area contributed by atoms with Gasteiger partial charge in [0.2, 0.25) is 0 Å². The maximum atomic E-state index is 12.2. The summed E-state index contributed by atoms with van der Waals surface area (Å²) in [5.41, 5.74) is 2.54. The van der Waals surface area contributed by atoms with Crippen LogP contribution in [0.1, 0.15) is 26.4 Å². The fourth-order valence-electron chi connectivity index (χ4n) is 2.83. The van der Waals surface area contributed by atoms with Crippen LogP contribution in [-0.4, -0.2) is 23.1 Å². The lowest BCUT2D eigenvalue weighted by Gasteiger charge is -2.11. The molecule has 0 radical (unpaired) electrons. The molecule has 0 unspecified atom stereocenters. The maximum Gasteiger partial charge on any atom is 0.340 e. The quantitative estimate of drug-likeness (QED) is 0.236. The van der Waals surface area contributed by atoms with Gasteiger partial charge < -0.3 is 15.4 Å². The summed E-state index contributed by atoms with van der Waals surface area (Å²) in [6.45, 7) is 1.67. The Morgan fingerprint density at radius 2 is 1.90 bits per heavy atom. The van der Waals surface area contributed by atoms with E-state index in [0.29, 0.717) is 28.2 Å². The molecule has 1 heterocycles. The average molecular weight is 442 g/mol. The fraction of sp³-hybridized carbons (Fsp3) is 0.143. The third kappa shape index (κ3) is 5.19. The summed E-state index contributed by atoms with van der Waals surface area (Å²) in [4.78, 5) is 23.9. The van der Waals surface area contributed by atoms with Gasteiger partial charge in [-0.1, -0.05) is 36.4 Å². The van der Waals surface area contributed by atoms with Gasteiger partial charge >= 0.3 is 5.97 Å². The van der Waals surface area contributed by atoms with Gasteiger partial charge in [0.1, 0.15) is 5.00 Å². The molecule has 30 heavy (non-hydrogen) atoms. The number of methoxy groups -OCH3 is 1. The van der Waals surface area contributed by atoms with E-state index in [0.717, 1.165) is 10.4 Å². The highest BCUT2D eigenvalue weighted by Gasteiger charge is 2.18. The Bertz CT molecular complexity index is 1100. The van der Waals surface area contributed by atoms with E-state index >= 15 is 0 Å². The number of thiophene rings is 1.